The highest BCUT2D eigenvalue weighted by Crippen LogP contribution is 2.40. The molecule has 0 radical (unpaired) electrons. The summed E-state index contributed by atoms with van der Waals surface area (Å²) < 4.78 is 30.3. The fourth-order valence-electron chi connectivity index (χ4n) is 5.50. The monoisotopic (exact) mass is 471 g/mol. The number of hydrogen-bond donors (Lipinski definition) is 2. The summed E-state index contributed by atoms with van der Waals surface area (Å²) in [4.78, 5) is 15.0. The number of fused-ring (bicyclic) bond motifs is 2. The lowest BCUT2D eigenvalue weighted by molar-refractivity contribution is 0.256. The second-order valence-electron chi connectivity index (χ2n) is 9.76. The molecule has 1 aromatic heterocycles. The molecule has 2 amide bonds. The summed E-state index contributed by atoms with van der Waals surface area (Å²) in [6, 6.07) is 3.49. The van der Waals surface area contributed by atoms with Crippen molar-refractivity contribution in [1.29, 1.82) is 0 Å². The van der Waals surface area contributed by atoms with E-state index in [1.165, 1.54) is 22.3 Å². The maximum atomic E-state index is 13.1. The number of rotatable bonds is 7. The highest BCUT2D eigenvalue weighted by atomic mass is 32.2. The number of benzene rings is 1. The van der Waals surface area contributed by atoms with Crippen molar-refractivity contribution >= 4 is 21.7 Å². The lowest BCUT2D eigenvalue weighted by atomic mass is 9.99. The van der Waals surface area contributed by atoms with Crippen LogP contribution in [0, 0.1) is 0 Å². The zero-order chi connectivity index (χ0) is 23.3. The fraction of sp³-hybridized carbons (Fsp3) is 0.583. The summed E-state index contributed by atoms with van der Waals surface area (Å²) in [5.74, 6) is 0. The van der Waals surface area contributed by atoms with Gasteiger partial charge in [-0.2, -0.15) is 13.5 Å². The summed E-state index contributed by atoms with van der Waals surface area (Å²) in [6.45, 7) is 2.07. The van der Waals surface area contributed by atoms with Crippen molar-refractivity contribution in [3.63, 3.8) is 0 Å². The third kappa shape index (κ3) is 4.17. The molecule has 33 heavy (non-hydrogen) atoms. The first kappa shape index (κ1) is 22.4. The number of aromatic nitrogens is 2. The number of nitrogens with one attached hydrogen (secondary N) is 2. The Kier molecular flexibility index (Phi) is 5.73. The summed E-state index contributed by atoms with van der Waals surface area (Å²) in [5, 5.41) is 7.24. The predicted molar refractivity (Wildman–Crippen MR) is 127 cm³/mol. The first-order valence-electron chi connectivity index (χ1n) is 12.0. The van der Waals surface area contributed by atoms with Crippen LogP contribution in [0.4, 0.5) is 10.5 Å². The first-order valence-corrected chi connectivity index (χ1v) is 13.5. The third-order valence-corrected chi connectivity index (χ3v) is 8.40. The maximum absolute atomic E-state index is 13.1. The second kappa shape index (κ2) is 8.43. The van der Waals surface area contributed by atoms with E-state index in [-0.39, 0.29) is 17.1 Å². The molecule has 8 nitrogen and oxygen atoms in total. The van der Waals surface area contributed by atoms with E-state index in [4.69, 9.17) is 0 Å². The van der Waals surface area contributed by atoms with Gasteiger partial charge in [0.15, 0.2) is 5.03 Å². The lowest BCUT2D eigenvalue weighted by Crippen LogP contribution is -2.35. The Morgan fingerprint density at radius 3 is 2.30 bits per heavy atom. The molecule has 178 valence electrons. The number of aryl methyl sites for hydroxylation is 2. The molecule has 2 aromatic rings. The van der Waals surface area contributed by atoms with Gasteiger partial charge in [0.25, 0.3) is 10.0 Å². The van der Waals surface area contributed by atoms with Crippen molar-refractivity contribution < 1.29 is 13.2 Å². The molecular formula is C24H33N5O3S. The van der Waals surface area contributed by atoms with Crippen molar-refractivity contribution in [3.05, 3.63) is 40.1 Å². The van der Waals surface area contributed by atoms with Crippen LogP contribution in [0.25, 0.3) is 0 Å². The number of hydrogen-bond acceptors (Lipinski definition) is 5. The molecule has 1 atom stereocenters. The van der Waals surface area contributed by atoms with Crippen LogP contribution in [0.2, 0.25) is 0 Å². The number of urea groups is 1. The van der Waals surface area contributed by atoms with E-state index >= 15 is 0 Å². The van der Waals surface area contributed by atoms with Crippen LogP contribution in [0.5, 0.6) is 0 Å². The normalized spacial score (nSPS) is 18.3. The Labute approximate surface area is 195 Å². The zero-order valence-electron chi connectivity index (χ0n) is 19.6. The van der Waals surface area contributed by atoms with Crippen LogP contribution in [-0.2, 0) is 35.7 Å². The molecule has 1 unspecified atom stereocenters. The van der Waals surface area contributed by atoms with E-state index in [1.807, 2.05) is 18.8 Å². The van der Waals surface area contributed by atoms with Gasteiger partial charge in [0.1, 0.15) is 0 Å². The number of nitrogens with zero attached hydrogens (tertiary/aromatic N) is 3. The predicted octanol–water partition coefficient (Wildman–Crippen LogP) is 3.72. The molecule has 1 fully saturated rings. The van der Waals surface area contributed by atoms with Gasteiger partial charge < -0.3 is 10.2 Å². The highest BCUT2D eigenvalue weighted by Gasteiger charge is 2.33. The summed E-state index contributed by atoms with van der Waals surface area (Å²) in [7, 11) is -0.133. The minimum atomic E-state index is -4.10. The molecule has 1 saturated carbocycles. The number of carbonyl (C=O) groups is 1. The highest BCUT2D eigenvalue weighted by molar-refractivity contribution is 7.90. The van der Waals surface area contributed by atoms with E-state index in [0.717, 1.165) is 69.2 Å². The summed E-state index contributed by atoms with van der Waals surface area (Å²) >= 11 is 0. The smallest absolute Gasteiger partial charge is 0.307 e. The molecule has 0 bridgehead atoms. The van der Waals surface area contributed by atoms with Crippen LogP contribution in [0.15, 0.2) is 17.2 Å². The van der Waals surface area contributed by atoms with Gasteiger partial charge in [-0.3, -0.25) is 4.68 Å². The Hall–Kier alpha value is -2.39. The molecule has 1 aromatic carbocycles. The fourth-order valence-corrected chi connectivity index (χ4v) is 6.37. The van der Waals surface area contributed by atoms with E-state index < -0.39 is 16.1 Å². The molecule has 3 aliphatic carbocycles. The minimum absolute atomic E-state index is 0.0605. The molecule has 0 saturated heterocycles. The molecule has 5 rings (SSSR count). The zero-order valence-corrected chi connectivity index (χ0v) is 20.5. The average molecular weight is 472 g/mol. The topological polar surface area (TPSA) is 96.3 Å². The number of carbonyl (C=O) groups excluding carboxylic acids is 1. The lowest BCUT2D eigenvalue weighted by Gasteiger charge is -2.23. The number of sulfonamides is 1. The van der Waals surface area contributed by atoms with Crippen LogP contribution in [-0.4, -0.2) is 43.2 Å². The minimum Gasteiger partial charge on any atom is -0.307 e. The Morgan fingerprint density at radius 1 is 1.12 bits per heavy atom. The van der Waals surface area contributed by atoms with E-state index in [0.29, 0.717) is 0 Å². The largest absolute Gasteiger partial charge is 0.333 e. The van der Waals surface area contributed by atoms with Crippen LogP contribution >= 0.6 is 0 Å². The van der Waals surface area contributed by atoms with Crippen molar-refractivity contribution in [3.8, 4) is 0 Å². The van der Waals surface area contributed by atoms with Crippen molar-refractivity contribution in [2.45, 2.75) is 81.8 Å². The van der Waals surface area contributed by atoms with E-state index in [2.05, 4.69) is 33.0 Å². The Bertz CT molecular complexity index is 1160. The van der Waals surface area contributed by atoms with Crippen molar-refractivity contribution in [2.24, 2.45) is 0 Å². The van der Waals surface area contributed by atoms with Crippen molar-refractivity contribution in [2.75, 3.05) is 19.4 Å². The standard InChI is InChI=1S/C24H33N5O3S/c1-4-20(28(2)3)21-14-22(26-29(21)17-11-12-17)33(31,32)27-24(30)25-23-18-9-5-7-15(18)13-16-8-6-10-19(16)23/h13-14,17,20H,4-12H2,1-3H3,(H2,25,27,30). The second-order valence-corrected chi connectivity index (χ2v) is 11.4. The maximum Gasteiger partial charge on any atom is 0.333 e. The quantitative estimate of drug-likeness (QED) is 0.642. The molecule has 1 heterocycles. The van der Waals surface area contributed by atoms with Gasteiger partial charge in [-0.1, -0.05) is 13.0 Å². The van der Waals surface area contributed by atoms with Crippen LogP contribution in [0.3, 0.4) is 0 Å². The Morgan fingerprint density at radius 2 is 1.76 bits per heavy atom. The molecular weight excluding hydrogens is 438 g/mol. The van der Waals surface area contributed by atoms with Crippen LogP contribution < -0.4 is 10.0 Å². The van der Waals surface area contributed by atoms with Gasteiger partial charge in [0.05, 0.1) is 17.8 Å². The van der Waals surface area contributed by atoms with Gasteiger partial charge in [-0.25, -0.2) is 9.52 Å². The Balaban J connectivity index is 1.40. The SMILES string of the molecule is CCC(c1cc(S(=O)(=O)NC(=O)Nc2c3c(cc4c2CCC4)CCC3)nn1C1CC1)N(C)C. The van der Waals surface area contributed by atoms with Gasteiger partial charge in [-0.15, -0.1) is 0 Å². The van der Waals surface area contributed by atoms with Gasteiger partial charge >= 0.3 is 6.03 Å². The average Bonchev–Trinajstić information content (AvgIpc) is 3.15. The van der Waals surface area contributed by atoms with Crippen molar-refractivity contribution in [1.82, 2.24) is 19.4 Å². The molecule has 3 aliphatic rings. The summed E-state index contributed by atoms with van der Waals surface area (Å²) in [5.41, 5.74) is 6.62. The molecule has 9 heteroatoms. The molecule has 0 aliphatic heterocycles. The van der Waals surface area contributed by atoms with Gasteiger partial charge in [0, 0.05) is 11.8 Å². The first-order chi connectivity index (χ1) is 15.8. The van der Waals surface area contributed by atoms with E-state index in [9.17, 15) is 13.2 Å². The van der Waals surface area contributed by atoms with Gasteiger partial charge in [-0.05, 0) is 94.1 Å². The number of anilines is 1. The summed E-state index contributed by atoms with van der Waals surface area (Å²) in [6.07, 6.45) is 8.84. The third-order valence-electron chi connectivity index (χ3n) is 7.20. The van der Waals surface area contributed by atoms with E-state index in [1.54, 1.807) is 6.07 Å². The van der Waals surface area contributed by atoms with Gasteiger partial charge in [0.2, 0.25) is 0 Å². The van der Waals surface area contributed by atoms with Crippen LogP contribution in [0.1, 0.15) is 79.1 Å². The number of amides is 2. The molecule has 0 spiro atoms. The molecule has 2 N–H and O–H groups in total.